The summed E-state index contributed by atoms with van der Waals surface area (Å²) in [4.78, 5) is 10.5. The summed E-state index contributed by atoms with van der Waals surface area (Å²) >= 11 is 0. The van der Waals surface area contributed by atoms with Crippen LogP contribution in [0, 0.1) is 11.6 Å². The predicted octanol–water partition coefficient (Wildman–Crippen LogP) is 3.45. The van der Waals surface area contributed by atoms with Gasteiger partial charge in [0.1, 0.15) is 23.7 Å². The highest BCUT2D eigenvalue weighted by atomic mass is 19.1. The van der Waals surface area contributed by atoms with E-state index in [1.165, 1.54) is 31.4 Å². The number of rotatable bonds is 3. The first-order chi connectivity index (χ1) is 8.65. The molecule has 4 heteroatoms. The average Bonchev–Trinajstić information content (AvgIpc) is 2.38. The number of benzene rings is 2. The van der Waals surface area contributed by atoms with E-state index in [2.05, 4.69) is 0 Å². The van der Waals surface area contributed by atoms with Gasteiger partial charge in [-0.05, 0) is 5.56 Å². The van der Waals surface area contributed by atoms with Gasteiger partial charge in [0.05, 0.1) is 12.7 Å². The van der Waals surface area contributed by atoms with Crippen molar-refractivity contribution in [1.29, 1.82) is 0 Å². The quantitative estimate of drug-likeness (QED) is 0.777. The van der Waals surface area contributed by atoms with Crippen molar-refractivity contribution in [2.24, 2.45) is 0 Å². The van der Waals surface area contributed by atoms with Crippen LogP contribution in [0.4, 0.5) is 8.78 Å². The van der Waals surface area contributed by atoms with E-state index in [1.54, 1.807) is 0 Å². The maximum Gasteiger partial charge on any atom is 0.150 e. The predicted molar refractivity (Wildman–Crippen MR) is 63.7 cm³/mol. The Morgan fingerprint density at radius 2 is 1.61 bits per heavy atom. The van der Waals surface area contributed by atoms with Gasteiger partial charge in [-0.3, -0.25) is 4.79 Å². The molecule has 2 nitrogen and oxygen atoms in total. The van der Waals surface area contributed by atoms with Gasteiger partial charge < -0.3 is 4.74 Å². The van der Waals surface area contributed by atoms with E-state index in [-0.39, 0.29) is 11.3 Å². The van der Waals surface area contributed by atoms with E-state index >= 15 is 0 Å². The standard InChI is InChI=1S/C14H10F2O2/c1-18-11-6-12(15)14(13(16)7-11)10-4-2-9(8-17)3-5-10/h2-8H,1H3. The van der Waals surface area contributed by atoms with Gasteiger partial charge in [0.2, 0.25) is 0 Å². The Bertz CT molecular complexity index is 554. The number of halogens is 2. The molecule has 2 aromatic carbocycles. The Balaban J connectivity index is 2.52. The normalized spacial score (nSPS) is 10.2. The van der Waals surface area contributed by atoms with Crippen LogP contribution >= 0.6 is 0 Å². The summed E-state index contributed by atoms with van der Waals surface area (Å²) < 4.78 is 32.3. The molecule has 2 rings (SSSR count). The van der Waals surface area contributed by atoms with Gasteiger partial charge in [0.15, 0.2) is 0 Å². The van der Waals surface area contributed by atoms with Crippen LogP contribution in [0.25, 0.3) is 11.1 Å². The van der Waals surface area contributed by atoms with E-state index in [0.717, 1.165) is 12.1 Å². The molecule has 2 aromatic rings. The fourth-order valence-corrected chi connectivity index (χ4v) is 1.67. The largest absolute Gasteiger partial charge is 0.497 e. The minimum Gasteiger partial charge on any atom is -0.497 e. The Labute approximate surface area is 103 Å². The first kappa shape index (κ1) is 12.2. The summed E-state index contributed by atoms with van der Waals surface area (Å²) in [6.07, 6.45) is 0.671. The smallest absolute Gasteiger partial charge is 0.150 e. The van der Waals surface area contributed by atoms with E-state index in [0.29, 0.717) is 17.4 Å². The highest BCUT2D eigenvalue weighted by molar-refractivity contribution is 5.77. The topological polar surface area (TPSA) is 26.3 Å². The summed E-state index contributed by atoms with van der Waals surface area (Å²) in [6.45, 7) is 0. The maximum atomic E-state index is 13.8. The maximum absolute atomic E-state index is 13.8. The molecule has 0 heterocycles. The molecule has 0 N–H and O–H groups in total. The molecule has 18 heavy (non-hydrogen) atoms. The number of hydrogen-bond acceptors (Lipinski definition) is 2. The van der Waals surface area contributed by atoms with Gasteiger partial charge in [-0.1, -0.05) is 24.3 Å². The third kappa shape index (κ3) is 2.22. The van der Waals surface area contributed by atoms with Gasteiger partial charge >= 0.3 is 0 Å². The number of carbonyl (C=O) groups excluding carboxylic acids is 1. The highest BCUT2D eigenvalue weighted by Crippen LogP contribution is 2.29. The van der Waals surface area contributed by atoms with Gasteiger partial charge in [-0.25, -0.2) is 8.78 Å². The third-order valence-corrected chi connectivity index (χ3v) is 2.59. The zero-order valence-corrected chi connectivity index (χ0v) is 9.61. The number of ether oxygens (including phenoxy) is 1. The second-order valence-electron chi connectivity index (χ2n) is 3.71. The molecule has 0 saturated heterocycles. The van der Waals surface area contributed by atoms with Crippen LogP contribution in [0.2, 0.25) is 0 Å². The molecule has 0 unspecified atom stereocenters. The van der Waals surface area contributed by atoms with Crippen LogP contribution in [0.15, 0.2) is 36.4 Å². The molecule has 0 aliphatic heterocycles. The van der Waals surface area contributed by atoms with Crippen LogP contribution in [0.1, 0.15) is 10.4 Å². The SMILES string of the molecule is COc1cc(F)c(-c2ccc(C=O)cc2)c(F)c1. The molecular formula is C14H10F2O2. The fourth-order valence-electron chi connectivity index (χ4n) is 1.67. The zero-order chi connectivity index (χ0) is 13.1. The van der Waals surface area contributed by atoms with Crippen molar-refractivity contribution in [2.45, 2.75) is 0 Å². The summed E-state index contributed by atoms with van der Waals surface area (Å²) in [5.41, 5.74) is 0.694. The molecule has 0 bridgehead atoms. The molecule has 0 radical (unpaired) electrons. The van der Waals surface area contributed by atoms with E-state index in [1.807, 2.05) is 0 Å². The van der Waals surface area contributed by atoms with Crippen LogP contribution in [-0.2, 0) is 0 Å². The van der Waals surface area contributed by atoms with Crippen molar-refractivity contribution in [1.82, 2.24) is 0 Å². The van der Waals surface area contributed by atoms with Crippen molar-refractivity contribution >= 4 is 6.29 Å². The number of hydrogen-bond donors (Lipinski definition) is 0. The molecule has 0 fully saturated rings. The molecule has 0 spiro atoms. The Morgan fingerprint density at radius 1 is 1.06 bits per heavy atom. The molecule has 0 atom stereocenters. The third-order valence-electron chi connectivity index (χ3n) is 2.59. The van der Waals surface area contributed by atoms with Crippen molar-refractivity contribution in [3.63, 3.8) is 0 Å². The minimum absolute atomic E-state index is 0.123. The summed E-state index contributed by atoms with van der Waals surface area (Å²) in [6, 6.07) is 8.24. The molecule has 0 aliphatic rings. The molecule has 0 saturated carbocycles. The van der Waals surface area contributed by atoms with E-state index in [9.17, 15) is 13.6 Å². The summed E-state index contributed by atoms with van der Waals surface area (Å²) in [7, 11) is 1.34. The lowest BCUT2D eigenvalue weighted by Gasteiger charge is -2.08. The lowest BCUT2D eigenvalue weighted by Crippen LogP contribution is -1.93. The highest BCUT2D eigenvalue weighted by Gasteiger charge is 2.13. The molecule has 0 aliphatic carbocycles. The van der Waals surface area contributed by atoms with Crippen molar-refractivity contribution in [3.8, 4) is 16.9 Å². The van der Waals surface area contributed by atoms with E-state index < -0.39 is 11.6 Å². The van der Waals surface area contributed by atoms with Crippen LogP contribution in [0.3, 0.4) is 0 Å². The summed E-state index contributed by atoms with van der Waals surface area (Å²) in [5.74, 6) is -1.28. The molecule has 0 amide bonds. The fraction of sp³-hybridized carbons (Fsp3) is 0.0714. The van der Waals surface area contributed by atoms with Crippen LogP contribution in [-0.4, -0.2) is 13.4 Å². The van der Waals surface area contributed by atoms with Gasteiger partial charge in [0, 0.05) is 17.7 Å². The number of carbonyl (C=O) groups is 1. The molecule has 0 aromatic heterocycles. The lowest BCUT2D eigenvalue weighted by atomic mass is 10.0. The van der Waals surface area contributed by atoms with Crippen LogP contribution in [0.5, 0.6) is 5.75 Å². The number of aldehydes is 1. The molecule has 92 valence electrons. The van der Waals surface area contributed by atoms with Crippen LogP contribution < -0.4 is 4.74 Å². The van der Waals surface area contributed by atoms with Gasteiger partial charge in [-0.15, -0.1) is 0 Å². The number of methoxy groups -OCH3 is 1. The van der Waals surface area contributed by atoms with Gasteiger partial charge in [0.25, 0.3) is 0 Å². The second kappa shape index (κ2) is 4.96. The monoisotopic (exact) mass is 248 g/mol. The van der Waals surface area contributed by atoms with Crippen molar-refractivity contribution in [3.05, 3.63) is 53.6 Å². The Kier molecular flexibility index (Phi) is 3.37. The van der Waals surface area contributed by atoms with Crippen molar-refractivity contribution in [2.75, 3.05) is 7.11 Å². The lowest BCUT2D eigenvalue weighted by molar-refractivity contribution is 0.112. The minimum atomic E-state index is -0.703. The first-order valence-corrected chi connectivity index (χ1v) is 5.24. The average molecular weight is 248 g/mol. The van der Waals surface area contributed by atoms with Crippen molar-refractivity contribution < 1.29 is 18.3 Å². The molecular weight excluding hydrogens is 238 g/mol. The second-order valence-corrected chi connectivity index (χ2v) is 3.71. The van der Waals surface area contributed by atoms with Gasteiger partial charge in [-0.2, -0.15) is 0 Å². The zero-order valence-electron chi connectivity index (χ0n) is 9.61. The first-order valence-electron chi connectivity index (χ1n) is 5.24. The van der Waals surface area contributed by atoms with E-state index in [4.69, 9.17) is 4.74 Å². The summed E-state index contributed by atoms with van der Waals surface area (Å²) in [5, 5.41) is 0. The Morgan fingerprint density at radius 3 is 2.06 bits per heavy atom. The Hall–Kier alpha value is -2.23.